The van der Waals surface area contributed by atoms with Crippen LogP contribution in [0.4, 0.5) is 0 Å². The smallest absolute Gasteiger partial charge is 0.0506 e. The second kappa shape index (κ2) is 4.79. The molecule has 1 nitrogen and oxygen atoms in total. The summed E-state index contributed by atoms with van der Waals surface area (Å²) in [4.78, 5) is 0. The van der Waals surface area contributed by atoms with Crippen molar-refractivity contribution < 1.29 is 0 Å². The lowest BCUT2D eigenvalue weighted by Gasteiger charge is -2.14. The zero-order chi connectivity index (χ0) is 9.84. The van der Waals surface area contributed by atoms with E-state index in [9.17, 15) is 0 Å². The van der Waals surface area contributed by atoms with Gasteiger partial charge in [0.1, 0.15) is 0 Å². The van der Waals surface area contributed by atoms with E-state index in [0.717, 1.165) is 11.4 Å². The third kappa shape index (κ3) is 3.51. The number of halogens is 1. The quantitative estimate of drug-likeness (QED) is 0.766. The first-order valence-electron chi connectivity index (χ1n) is 4.59. The third-order valence-electron chi connectivity index (χ3n) is 2.24. The molecule has 0 aliphatic rings. The molecule has 0 radical (unpaired) electrons. The standard InChI is InChI=1S/C10H16ClNSi/c1-13(2)10(12)7-8-3-5-9(11)6-4-8/h3-6,10,13H,7,12H2,1-2H3. The lowest BCUT2D eigenvalue weighted by atomic mass is 10.1. The Morgan fingerprint density at radius 3 is 2.31 bits per heavy atom. The fraction of sp³-hybridized carbons (Fsp3) is 0.400. The molecule has 72 valence electrons. The van der Waals surface area contributed by atoms with Crippen molar-refractivity contribution in [3.05, 3.63) is 34.9 Å². The summed E-state index contributed by atoms with van der Waals surface area (Å²) in [5.41, 5.74) is 7.68. The van der Waals surface area contributed by atoms with Crippen LogP contribution in [-0.2, 0) is 6.42 Å². The summed E-state index contributed by atoms with van der Waals surface area (Å²) in [7, 11) is -0.702. The van der Waals surface area contributed by atoms with Crippen LogP contribution in [-0.4, -0.2) is 14.5 Å². The molecule has 0 bridgehead atoms. The van der Waals surface area contributed by atoms with Crippen LogP contribution in [0.1, 0.15) is 5.56 Å². The molecule has 1 aromatic rings. The third-order valence-corrected chi connectivity index (χ3v) is 4.44. The van der Waals surface area contributed by atoms with Gasteiger partial charge < -0.3 is 5.73 Å². The lowest BCUT2D eigenvalue weighted by molar-refractivity contribution is 0.866. The van der Waals surface area contributed by atoms with E-state index in [1.165, 1.54) is 5.56 Å². The van der Waals surface area contributed by atoms with E-state index in [0.29, 0.717) is 5.67 Å². The molecule has 0 heterocycles. The van der Waals surface area contributed by atoms with Crippen molar-refractivity contribution in [3.63, 3.8) is 0 Å². The summed E-state index contributed by atoms with van der Waals surface area (Å²) in [6.07, 6.45) is 0.987. The molecule has 0 aliphatic heterocycles. The number of hydrogen-bond donors (Lipinski definition) is 1. The number of hydrogen-bond acceptors (Lipinski definition) is 1. The van der Waals surface area contributed by atoms with Crippen LogP contribution >= 0.6 is 11.6 Å². The monoisotopic (exact) mass is 213 g/mol. The van der Waals surface area contributed by atoms with Crippen molar-refractivity contribution >= 4 is 20.4 Å². The highest BCUT2D eigenvalue weighted by Gasteiger charge is 2.08. The fourth-order valence-corrected chi connectivity index (χ4v) is 2.00. The molecule has 0 amide bonds. The maximum atomic E-state index is 6.02. The van der Waals surface area contributed by atoms with Crippen molar-refractivity contribution in [2.45, 2.75) is 25.2 Å². The summed E-state index contributed by atoms with van der Waals surface area (Å²) < 4.78 is 0. The summed E-state index contributed by atoms with van der Waals surface area (Å²) in [5.74, 6) is 0. The van der Waals surface area contributed by atoms with Gasteiger partial charge in [0.15, 0.2) is 0 Å². The minimum Gasteiger partial charge on any atom is -0.330 e. The number of nitrogens with two attached hydrogens (primary N) is 1. The van der Waals surface area contributed by atoms with Gasteiger partial charge in [-0.1, -0.05) is 36.8 Å². The van der Waals surface area contributed by atoms with Crippen LogP contribution in [0.25, 0.3) is 0 Å². The molecule has 13 heavy (non-hydrogen) atoms. The average molecular weight is 214 g/mol. The van der Waals surface area contributed by atoms with Crippen molar-refractivity contribution in [2.75, 3.05) is 0 Å². The van der Waals surface area contributed by atoms with Crippen LogP contribution in [0.2, 0.25) is 18.1 Å². The Labute approximate surface area is 86.5 Å². The molecule has 1 aromatic carbocycles. The second-order valence-corrected chi connectivity index (χ2v) is 7.52. The van der Waals surface area contributed by atoms with Crippen LogP contribution in [0.3, 0.4) is 0 Å². The zero-order valence-electron chi connectivity index (χ0n) is 8.13. The predicted molar refractivity (Wildman–Crippen MR) is 62.0 cm³/mol. The van der Waals surface area contributed by atoms with E-state index in [2.05, 4.69) is 25.2 Å². The Kier molecular flexibility index (Phi) is 3.97. The second-order valence-electron chi connectivity index (χ2n) is 3.74. The molecule has 1 atom stereocenters. The highest BCUT2D eigenvalue weighted by atomic mass is 35.5. The van der Waals surface area contributed by atoms with Gasteiger partial charge in [-0.2, -0.15) is 0 Å². The van der Waals surface area contributed by atoms with E-state index in [4.69, 9.17) is 17.3 Å². The zero-order valence-corrected chi connectivity index (χ0v) is 10.0. The molecular formula is C10H16ClNSi. The van der Waals surface area contributed by atoms with E-state index in [1.807, 2.05) is 12.1 Å². The van der Waals surface area contributed by atoms with Crippen LogP contribution in [0, 0.1) is 0 Å². The minimum absolute atomic E-state index is 0.376. The van der Waals surface area contributed by atoms with Gasteiger partial charge in [0.2, 0.25) is 0 Å². The maximum absolute atomic E-state index is 6.02. The van der Waals surface area contributed by atoms with Gasteiger partial charge in [-0.05, 0) is 29.8 Å². The minimum atomic E-state index is -0.702. The SMILES string of the molecule is C[SiH](C)C(N)Cc1ccc(Cl)cc1. The highest BCUT2D eigenvalue weighted by Crippen LogP contribution is 2.11. The van der Waals surface area contributed by atoms with Gasteiger partial charge in [0, 0.05) is 5.02 Å². The lowest BCUT2D eigenvalue weighted by Crippen LogP contribution is -2.35. The van der Waals surface area contributed by atoms with Crippen LogP contribution < -0.4 is 5.73 Å². The molecule has 2 N–H and O–H groups in total. The van der Waals surface area contributed by atoms with E-state index in [-0.39, 0.29) is 0 Å². The summed E-state index contributed by atoms with van der Waals surface area (Å²) in [6, 6.07) is 7.95. The largest absolute Gasteiger partial charge is 0.330 e. The molecule has 3 heteroatoms. The molecular weight excluding hydrogens is 198 g/mol. The van der Waals surface area contributed by atoms with Gasteiger partial charge in [0.05, 0.1) is 8.80 Å². The summed E-state index contributed by atoms with van der Waals surface area (Å²) in [5, 5.41) is 0.791. The Bertz CT molecular complexity index is 258. The molecule has 0 fully saturated rings. The summed E-state index contributed by atoms with van der Waals surface area (Å²) >= 11 is 5.79. The Morgan fingerprint density at radius 2 is 1.85 bits per heavy atom. The fourth-order valence-electron chi connectivity index (χ4n) is 1.13. The van der Waals surface area contributed by atoms with Gasteiger partial charge in [-0.15, -0.1) is 0 Å². The molecule has 0 aromatic heterocycles. The molecule has 1 unspecified atom stereocenters. The number of rotatable bonds is 3. The number of benzene rings is 1. The molecule has 1 rings (SSSR count). The average Bonchev–Trinajstić information content (AvgIpc) is 2.08. The normalized spacial score (nSPS) is 13.3. The first-order chi connectivity index (χ1) is 6.09. The summed E-state index contributed by atoms with van der Waals surface area (Å²) in [6.45, 7) is 4.56. The van der Waals surface area contributed by atoms with Crippen molar-refractivity contribution in [2.24, 2.45) is 5.73 Å². The first kappa shape index (κ1) is 10.8. The van der Waals surface area contributed by atoms with Gasteiger partial charge >= 0.3 is 0 Å². The molecule has 0 aliphatic carbocycles. The van der Waals surface area contributed by atoms with Crippen molar-refractivity contribution in [3.8, 4) is 0 Å². The van der Waals surface area contributed by atoms with Crippen LogP contribution in [0.5, 0.6) is 0 Å². The molecule has 0 spiro atoms. The van der Waals surface area contributed by atoms with E-state index >= 15 is 0 Å². The predicted octanol–water partition coefficient (Wildman–Crippen LogP) is 2.24. The Balaban J connectivity index is 2.59. The maximum Gasteiger partial charge on any atom is 0.0506 e. The van der Waals surface area contributed by atoms with Gasteiger partial charge in [0.25, 0.3) is 0 Å². The Hall–Kier alpha value is -0.313. The van der Waals surface area contributed by atoms with E-state index in [1.54, 1.807) is 0 Å². The van der Waals surface area contributed by atoms with Crippen LogP contribution in [0.15, 0.2) is 24.3 Å². The van der Waals surface area contributed by atoms with Crippen molar-refractivity contribution in [1.82, 2.24) is 0 Å². The molecule has 0 saturated carbocycles. The van der Waals surface area contributed by atoms with E-state index < -0.39 is 8.80 Å². The van der Waals surface area contributed by atoms with Gasteiger partial charge in [-0.3, -0.25) is 0 Å². The van der Waals surface area contributed by atoms with Crippen molar-refractivity contribution in [1.29, 1.82) is 0 Å². The first-order valence-corrected chi connectivity index (χ1v) is 7.95. The highest BCUT2D eigenvalue weighted by molar-refractivity contribution is 6.57. The Morgan fingerprint density at radius 1 is 1.31 bits per heavy atom. The van der Waals surface area contributed by atoms with Gasteiger partial charge in [-0.25, -0.2) is 0 Å². The topological polar surface area (TPSA) is 26.0 Å². The molecule has 0 saturated heterocycles.